The predicted octanol–water partition coefficient (Wildman–Crippen LogP) is 2.34. The van der Waals surface area contributed by atoms with Crippen LogP contribution in [0, 0.1) is 12.1 Å². The van der Waals surface area contributed by atoms with E-state index in [0.717, 1.165) is 10.4 Å². The highest BCUT2D eigenvalue weighted by atomic mass is 16.5. The molecule has 0 aliphatic heterocycles. The minimum absolute atomic E-state index is 0.0250. The largest absolute Gasteiger partial charge is 0.692 e. The number of aryl methyl sites for hydroxylation is 1. The molecule has 0 bridgehead atoms. The molecule has 3 rings (SSSR count). The van der Waals surface area contributed by atoms with Gasteiger partial charge in [-0.05, 0) is 40.9 Å². The average molecular weight is 357 g/mol. The Kier molecular flexibility index (Phi) is 4.50. The van der Waals surface area contributed by atoms with Crippen molar-refractivity contribution in [3.8, 4) is 17.2 Å². The van der Waals surface area contributed by atoms with Crippen LogP contribution in [0.4, 0.5) is 0 Å². The molecule has 1 aromatic heterocycles. The lowest BCUT2D eigenvalue weighted by Gasteiger charge is -2.22. The number of aromatic nitrogens is 3. The van der Waals surface area contributed by atoms with Gasteiger partial charge in [0.25, 0.3) is 5.52 Å². The van der Waals surface area contributed by atoms with E-state index in [9.17, 15) is 10.3 Å². The molecule has 2 aromatic carbocycles. The topological polar surface area (TPSA) is 94.5 Å². The number of phenols is 1. The summed E-state index contributed by atoms with van der Waals surface area (Å²) in [5.74, 6) is 0.426. The summed E-state index contributed by atoms with van der Waals surface area (Å²) in [6.07, 6.45) is 0. The molecule has 0 spiro atoms. The highest BCUT2D eigenvalue weighted by Gasteiger charge is 2.26. The summed E-state index contributed by atoms with van der Waals surface area (Å²) in [6, 6.07) is 8.62. The van der Waals surface area contributed by atoms with Crippen molar-refractivity contribution in [2.75, 3.05) is 13.2 Å². The minimum atomic E-state index is -0.381. The number of phenolic OH excluding ortho intramolecular Hbond substituents is 1. The normalized spacial score (nSPS) is 11.9. The number of aliphatic hydroxyl groups is 1. The number of rotatable bonds is 4. The maximum Gasteiger partial charge on any atom is 0.250 e. The molecule has 138 valence electrons. The summed E-state index contributed by atoms with van der Waals surface area (Å²) in [4.78, 5) is 1.77. The van der Waals surface area contributed by atoms with Crippen molar-refractivity contribution in [2.45, 2.75) is 33.1 Å². The van der Waals surface area contributed by atoms with Crippen LogP contribution < -0.4 is 9.58 Å². The second-order valence-electron chi connectivity index (χ2n) is 7.32. The fraction of sp³-hybridized carbons (Fsp3) is 0.368. The van der Waals surface area contributed by atoms with Gasteiger partial charge in [0.1, 0.15) is 12.4 Å². The van der Waals surface area contributed by atoms with E-state index in [1.807, 2.05) is 39.8 Å². The SMILES string of the molecule is Cc1ccc2c(c1)nn(-c1cc(OCCO)cc(C(C)(C)C)c1O)[n+]2[O-]. The summed E-state index contributed by atoms with van der Waals surface area (Å²) >= 11 is 0. The van der Waals surface area contributed by atoms with Crippen LogP contribution in [0.15, 0.2) is 30.3 Å². The van der Waals surface area contributed by atoms with Crippen LogP contribution in [-0.4, -0.2) is 33.3 Å². The molecule has 7 heteroatoms. The van der Waals surface area contributed by atoms with Gasteiger partial charge >= 0.3 is 0 Å². The Labute approximate surface area is 151 Å². The molecule has 0 saturated heterocycles. The first-order valence-electron chi connectivity index (χ1n) is 8.43. The predicted molar refractivity (Wildman–Crippen MR) is 97.7 cm³/mol. The van der Waals surface area contributed by atoms with Crippen LogP contribution in [0.1, 0.15) is 31.9 Å². The fourth-order valence-corrected chi connectivity index (χ4v) is 2.84. The molecule has 0 amide bonds. The highest BCUT2D eigenvalue weighted by Crippen LogP contribution is 2.38. The van der Waals surface area contributed by atoms with Crippen molar-refractivity contribution >= 4 is 11.0 Å². The first-order chi connectivity index (χ1) is 12.2. The molecule has 26 heavy (non-hydrogen) atoms. The van der Waals surface area contributed by atoms with E-state index < -0.39 is 0 Å². The van der Waals surface area contributed by atoms with Gasteiger partial charge in [-0.1, -0.05) is 26.8 Å². The minimum Gasteiger partial charge on any atom is -0.692 e. The molecule has 0 aliphatic rings. The number of ether oxygens (including phenoxy) is 1. The van der Waals surface area contributed by atoms with Crippen molar-refractivity contribution in [1.29, 1.82) is 0 Å². The summed E-state index contributed by atoms with van der Waals surface area (Å²) in [5, 5.41) is 36.9. The number of aromatic hydroxyl groups is 1. The van der Waals surface area contributed by atoms with Crippen molar-refractivity contribution in [3.63, 3.8) is 0 Å². The van der Waals surface area contributed by atoms with Gasteiger partial charge in [-0.15, -0.1) is 4.85 Å². The standard InChI is InChI=1S/C19H23N3O4/c1-12-5-6-16-15(9-12)20-21(22(16)25)17-11-13(26-8-7-23)10-14(18(17)24)19(2,3)4/h5-6,9-11,23-24H,7-8H2,1-4H3. The van der Waals surface area contributed by atoms with E-state index >= 15 is 0 Å². The number of nitrogens with zero attached hydrogens (tertiary/aromatic N) is 3. The first kappa shape index (κ1) is 18.0. The highest BCUT2D eigenvalue weighted by molar-refractivity contribution is 5.72. The monoisotopic (exact) mass is 357 g/mol. The molecule has 0 saturated carbocycles. The van der Waals surface area contributed by atoms with E-state index in [1.54, 1.807) is 18.2 Å². The summed E-state index contributed by atoms with van der Waals surface area (Å²) in [6.45, 7) is 7.77. The third-order valence-corrected chi connectivity index (χ3v) is 4.16. The zero-order chi connectivity index (χ0) is 19.1. The fourth-order valence-electron chi connectivity index (χ4n) is 2.84. The summed E-state index contributed by atoms with van der Waals surface area (Å²) in [7, 11) is 0. The van der Waals surface area contributed by atoms with E-state index in [1.165, 1.54) is 0 Å². The average Bonchev–Trinajstić information content (AvgIpc) is 2.88. The zero-order valence-corrected chi connectivity index (χ0v) is 15.4. The number of benzene rings is 2. The van der Waals surface area contributed by atoms with Gasteiger partial charge in [-0.25, -0.2) is 0 Å². The van der Waals surface area contributed by atoms with Crippen LogP contribution in [0.25, 0.3) is 16.7 Å². The smallest absolute Gasteiger partial charge is 0.250 e. The Morgan fingerprint density at radius 1 is 1.23 bits per heavy atom. The molecular weight excluding hydrogens is 334 g/mol. The number of fused-ring (bicyclic) bond motifs is 1. The lowest BCUT2D eigenvalue weighted by Crippen LogP contribution is -2.37. The van der Waals surface area contributed by atoms with Gasteiger partial charge in [-0.2, -0.15) is 0 Å². The van der Waals surface area contributed by atoms with Crippen molar-refractivity contribution < 1.29 is 19.8 Å². The van der Waals surface area contributed by atoms with Crippen LogP contribution in [0.5, 0.6) is 11.5 Å². The lowest BCUT2D eigenvalue weighted by molar-refractivity contribution is -0.664. The van der Waals surface area contributed by atoms with Gasteiger partial charge in [-0.3, -0.25) is 0 Å². The Bertz CT molecular complexity index is 958. The molecule has 0 fully saturated rings. The van der Waals surface area contributed by atoms with Gasteiger partial charge in [0.2, 0.25) is 5.52 Å². The van der Waals surface area contributed by atoms with Gasteiger partial charge in [0.15, 0.2) is 11.4 Å². The molecule has 2 N–H and O–H groups in total. The zero-order valence-electron chi connectivity index (χ0n) is 15.4. The van der Waals surface area contributed by atoms with E-state index in [4.69, 9.17) is 9.84 Å². The molecule has 0 radical (unpaired) electrons. The summed E-state index contributed by atoms with van der Waals surface area (Å²) in [5.41, 5.74) is 2.41. The van der Waals surface area contributed by atoms with Gasteiger partial charge in [0, 0.05) is 11.6 Å². The molecule has 0 atom stereocenters. The van der Waals surface area contributed by atoms with E-state index in [0.29, 0.717) is 27.2 Å². The van der Waals surface area contributed by atoms with Crippen LogP contribution in [0.3, 0.4) is 0 Å². The first-order valence-corrected chi connectivity index (χ1v) is 8.43. The van der Waals surface area contributed by atoms with E-state index in [-0.39, 0.29) is 30.1 Å². The second-order valence-corrected chi connectivity index (χ2v) is 7.32. The quantitative estimate of drug-likeness (QED) is 0.552. The van der Waals surface area contributed by atoms with Gasteiger partial charge in [0.05, 0.1) is 11.7 Å². The van der Waals surface area contributed by atoms with E-state index in [2.05, 4.69) is 5.10 Å². The number of hydrogen-bond donors (Lipinski definition) is 2. The third-order valence-electron chi connectivity index (χ3n) is 4.16. The maximum atomic E-state index is 12.7. The Morgan fingerprint density at radius 3 is 2.62 bits per heavy atom. The van der Waals surface area contributed by atoms with Crippen molar-refractivity contribution in [2.24, 2.45) is 0 Å². The van der Waals surface area contributed by atoms with Crippen LogP contribution in [0.2, 0.25) is 0 Å². The Morgan fingerprint density at radius 2 is 1.96 bits per heavy atom. The second kappa shape index (κ2) is 6.49. The number of hydrogen-bond acceptors (Lipinski definition) is 5. The molecular formula is C19H23N3O4. The van der Waals surface area contributed by atoms with Crippen molar-refractivity contribution in [1.82, 2.24) is 9.90 Å². The molecule has 7 nitrogen and oxygen atoms in total. The molecule has 3 aromatic rings. The van der Waals surface area contributed by atoms with Gasteiger partial charge < -0.3 is 20.2 Å². The molecule has 0 unspecified atom stereocenters. The van der Waals surface area contributed by atoms with Crippen LogP contribution >= 0.6 is 0 Å². The Balaban J connectivity index is 2.25. The van der Waals surface area contributed by atoms with Crippen molar-refractivity contribution in [3.05, 3.63) is 46.7 Å². The molecule has 1 heterocycles. The lowest BCUT2D eigenvalue weighted by atomic mass is 9.86. The third kappa shape index (κ3) is 3.17. The number of aliphatic hydroxyl groups excluding tert-OH is 1. The molecule has 0 aliphatic carbocycles. The summed E-state index contributed by atoms with van der Waals surface area (Å²) < 4.78 is 5.53. The maximum absolute atomic E-state index is 12.7. The Hall–Kier alpha value is -2.80. The van der Waals surface area contributed by atoms with Crippen LogP contribution in [-0.2, 0) is 5.41 Å².